The van der Waals surface area contributed by atoms with E-state index in [1.165, 1.54) is 0 Å². The Morgan fingerprint density at radius 3 is 2.33 bits per heavy atom. The van der Waals surface area contributed by atoms with Crippen molar-refractivity contribution in [3.63, 3.8) is 0 Å². The van der Waals surface area contributed by atoms with Gasteiger partial charge in [-0.2, -0.15) is 0 Å². The van der Waals surface area contributed by atoms with E-state index in [1.807, 2.05) is 13.8 Å². The monoisotopic (exact) mass is 312 g/mol. The second-order valence-corrected chi connectivity index (χ2v) is 5.90. The van der Waals surface area contributed by atoms with Crippen molar-refractivity contribution in [2.75, 3.05) is 27.3 Å². The maximum absolute atomic E-state index is 12.6. The van der Waals surface area contributed by atoms with Gasteiger partial charge < -0.3 is 14.4 Å². The van der Waals surface area contributed by atoms with Crippen LogP contribution < -0.4 is 0 Å². The Balaban J connectivity index is 2.21. The summed E-state index contributed by atoms with van der Waals surface area (Å²) >= 11 is 6.03. The van der Waals surface area contributed by atoms with Gasteiger partial charge in [-0.15, -0.1) is 0 Å². The van der Waals surface area contributed by atoms with Crippen molar-refractivity contribution >= 4 is 17.5 Å². The lowest BCUT2D eigenvalue weighted by molar-refractivity contribution is -0.00461. The van der Waals surface area contributed by atoms with Gasteiger partial charge in [-0.25, -0.2) is 4.98 Å². The summed E-state index contributed by atoms with van der Waals surface area (Å²) < 4.78 is 10.7. The van der Waals surface area contributed by atoms with Crippen LogP contribution >= 0.6 is 11.6 Å². The Hall–Kier alpha value is -1.17. The van der Waals surface area contributed by atoms with Crippen LogP contribution in [0, 0.1) is 0 Å². The van der Waals surface area contributed by atoms with Gasteiger partial charge in [-0.05, 0) is 18.1 Å². The molecule has 1 saturated heterocycles. The van der Waals surface area contributed by atoms with Gasteiger partial charge in [-0.3, -0.25) is 4.79 Å². The molecular weight excluding hydrogens is 292 g/mol. The lowest BCUT2D eigenvalue weighted by Crippen LogP contribution is -2.30. The quantitative estimate of drug-likeness (QED) is 0.801. The molecule has 0 aliphatic carbocycles. The highest BCUT2D eigenvalue weighted by Gasteiger charge is 2.36. The van der Waals surface area contributed by atoms with Gasteiger partial charge in [-0.1, -0.05) is 25.4 Å². The highest BCUT2D eigenvalue weighted by atomic mass is 35.5. The lowest BCUT2D eigenvalue weighted by Gasteiger charge is -2.17. The normalized spacial score (nSPS) is 22.1. The van der Waals surface area contributed by atoms with E-state index in [-0.39, 0.29) is 24.0 Å². The van der Waals surface area contributed by atoms with Gasteiger partial charge in [0.05, 0.1) is 0 Å². The van der Waals surface area contributed by atoms with Gasteiger partial charge in [0, 0.05) is 38.6 Å². The fraction of sp³-hybridized carbons (Fsp3) is 0.600. The van der Waals surface area contributed by atoms with Crippen LogP contribution in [0.2, 0.25) is 5.15 Å². The number of nitrogens with zero attached hydrogens (tertiary/aromatic N) is 2. The minimum absolute atomic E-state index is 0.0669. The molecular formula is C15H21ClN2O3. The molecule has 1 aliphatic heterocycles. The van der Waals surface area contributed by atoms with Crippen molar-refractivity contribution in [1.29, 1.82) is 0 Å². The molecule has 2 heterocycles. The number of hydrogen-bond donors (Lipinski definition) is 0. The fourth-order valence-electron chi connectivity index (χ4n) is 2.48. The largest absolute Gasteiger partial charge is 0.377 e. The molecule has 5 nitrogen and oxygen atoms in total. The Morgan fingerprint density at radius 1 is 1.29 bits per heavy atom. The molecule has 0 aromatic carbocycles. The molecule has 0 bridgehead atoms. The molecule has 0 N–H and O–H groups in total. The first-order valence-corrected chi connectivity index (χ1v) is 7.36. The first-order chi connectivity index (χ1) is 9.96. The maximum Gasteiger partial charge on any atom is 0.254 e. The van der Waals surface area contributed by atoms with Gasteiger partial charge >= 0.3 is 0 Å². The molecule has 21 heavy (non-hydrogen) atoms. The van der Waals surface area contributed by atoms with Crippen molar-refractivity contribution in [2.24, 2.45) is 0 Å². The van der Waals surface area contributed by atoms with E-state index in [2.05, 4.69) is 4.98 Å². The Kier molecular flexibility index (Phi) is 5.19. The van der Waals surface area contributed by atoms with Gasteiger partial charge in [0.15, 0.2) is 0 Å². The summed E-state index contributed by atoms with van der Waals surface area (Å²) in [6.45, 7) is 5.07. The molecule has 1 aromatic rings. The van der Waals surface area contributed by atoms with Crippen LogP contribution in [0.5, 0.6) is 0 Å². The summed E-state index contributed by atoms with van der Waals surface area (Å²) in [5.74, 6) is 0.148. The number of carbonyl (C=O) groups excluding carboxylic acids is 1. The van der Waals surface area contributed by atoms with E-state index in [4.69, 9.17) is 21.1 Å². The minimum atomic E-state index is -0.0965. The first-order valence-electron chi connectivity index (χ1n) is 6.98. The first kappa shape index (κ1) is 16.2. The number of halogens is 1. The molecule has 0 spiro atoms. The molecule has 1 aromatic heterocycles. The summed E-state index contributed by atoms with van der Waals surface area (Å²) in [7, 11) is 3.26. The standard InChI is InChI=1S/C15H21ClN2O3/c1-9(2)11-5-10(6-14(16)17-11)15(19)18-7-12(20-3)13(8-18)21-4/h5-6,9,12-13H,7-8H2,1-4H3. The zero-order valence-corrected chi connectivity index (χ0v) is 13.6. The van der Waals surface area contributed by atoms with E-state index < -0.39 is 0 Å². The second kappa shape index (κ2) is 6.73. The number of pyridine rings is 1. The predicted octanol–water partition coefficient (Wildman–Crippen LogP) is 2.34. The number of carbonyl (C=O) groups is 1. The van der Waals surface area contributed by atoms with Crippen LogP contribution in [0.1, 0.15) is 35.8 Å². The number of rotatable bonds is 4. The van der Waals surface area contributed by atoms with Gasteiger partial charge in [0.1, 0.15) is 17.4 Å². The molecule has 2 atom stereocenters. The SMILES string of the molecule is COC1CN(C(=O)c2cc(Cl)nc(C(C)C)c2)CC1OC. The summed E-state index contributed by atoms with van der Waals surface area (Å²) in [4.78, 5) is 18.6. The number of amides is 1. The zero-order valence-electron chi connectivity index (χ0n) is 12.8. The van der Waals surface area contributed by atoms with Gasteiger partial charge in [0.25, 0.3) is 5.91 Å². The minimum Gasteiger partial charge on any atom is -0.377 e. The topological polar surface area (TPSA) is 51.7 Å². The third-order valence-corrected chi connectivity index (χ3v) is 3.95. The van der Waals surface area contributed by atoms with E-state index in [1.54, 1.807) is 31.3 Å². The summed E-state index contributed by atoms with van der Waals surface area (Å²) in [6.07, 6.45) is -0.193. The van der Waals surface area contributed by atoms with Crippen LogP contribution in [0.15, 0.2) is 12.1 Å². The number of ether oxygens (including phenoxy) is 2. The molecule has 0 saturated carbocycles. The Morgan fingerprint density at radius 2 is 1.86 bits per heavy atom. The molecule has 6 heteroatoms. The van der Waals surface area contributed by atoms with Crippen molar-refractivity contribution in [3.8, 4) is 0 Å². The van der Waals surface area contributed by atoms with E-state index in [0.717, 1.165) is 5.69 Å². The fourth-order valence-corrected chi connectivity index (χ4v) is 2.70. The van der Waals surface area contributed by atoms with E-state index >= 15 is 0 Å². The van der Waals surface area contributed by atoms with Crippen LogP contribution in [0.3, 0.4) is 0 Å². The molecule has 116 valence electrons. The summed E-state index contributed by atoms with van der Waals surface area (Å²) in [6, 6.07) is 3.42. The highest BCUT2D eigenvalue weighted by molar-refractivity contribution is 6.29. The molecule has 2 rings (SSSR count). The third kappa shape index (κ3) is 3.54. The molecule has 1 fully saturated rings. The summed E-state index contributed by atoms with van der Waals surface area (Å²) in [5, 5.41) is 0.343. The van der Waals surface area contributed by atoms with E-state index in [9.17, 15) is 4.79 Å². The van der Waals surface area contributed by atoms with Crippen LogP contribution in [-0.4, -0.2) is 55.3 Å². The predicted molar refractivity (Wildman–Crippen MR) is 80.8 cm³/mol. The lowest BCUT2D eigenvalue weighted by atomic mass is 10.1. The highest BCUT2D eigenvalue weighted by Crippen LogP contribution is 2.22. The third-order valence-electron chi connectivity index (χ3n) is 3.76. The number of hydrogen-bond acceptors (Lipinski definition) is 4. The van der Waals surface area contributed by atoms with Crippen LogP contribution in [-0.2, 0) is 9.47 Å². The number of methoxy groups -OCH3 is 2. The smallest absolute Gasteiger partial charge is 0.254 e. The van der Waals surface area contributed by atoms with Crippen molar-refractivity contribution in [2.45, 2.75) is 32.0 Å². The van der Waals surface area contributed by atoms with Crippen molar-refractivity contribution in [3.05, 3.63) is 28.5 Å². The van der Waals surface area contributed by atoms with Crippen molar-refractivity contribution < 1.29 is 14.3 Å². The Labute approximate surface area is 130 Å². The second-order valence-electron chi connectivity index (χ2n) is 5.52. The molecule has 1 amide bonds. The zero-order chi connectivity index (χ0) is 15.6. The number of likely N-dealkylation sites (tertiary alicyclic amines) is 1. The average Bonchev–Trinajstić information content (AvgIpc) is 2.88. The number of aromatic nitrogens is 1. The maximum atomic E-state index is 12.6. The van der Waals surface area contributed by atoms with E-state index in [0.29, 0.717) is 23.8 Å². The molecule has 2 unspecified atom stereocenters. The van der Waals surface area contributed by atoms with Crippen LogP contribution in [0.25, 0.3) is 0 Å². The Bertz CT molecular complexity index is 510. The molecule has 0 radical (unpaired) electrons. The van der Waals surface area contributed by atoms with Gasteiger partial charge in [0.2, 0.25) is 0 Å². The summed E-state index contributed by atoms with van der Waals surface area (Å²) in [5.41, 5.74) is 1.38. The van der Waals surface area contributed by atoms with Crippen LogP contribution in [0.4, 0.5) is 0 Å². The van der Waals surface area contributed by atoms with Crippen molar-refractivity contribution in [1.82, 2.24) is 9.88 Å². The molecule has 1 aliphatic rings. The average molecular weight is 313 g/mol.